The van der Waals surface area contributed by atoms with Crippen molar-refractivity contribution >= 4 is 23.4 Å². The van der Waals surface area contributed by atoms with Crippen LogP contribution in [0.25, 0.3) is 0 Å². The van der Waals surface area contributed by atoms with Crippen LogP contribution in [0.15, 0.2) is 46.2 Å². The Hall–Kier alpha value is -1.11. The molecule has 0 amide bonds. The molecule has 1 saturated heterocycles. The molecule has 2 aromatic carbocycles. The van der Waals surface area contributed by atoms with Gasteiger partial charge in [0.05, 0.1) is 0 Å². The van der Waals surface area contributed by atoms with Crippen molar-refractivity contribution in [2.45, 2.75) is 41.8 Å². The molecule has 0 aromatic heterocycles. The molecule has 1 N–H and O–H groups in total. The molecule has 3 nitrogen and oxygen atoms in total. The average Bonchev–Trinajstić information content (AvgIpc) is 2.83. The summed E-state index contributed by atoms with van der Waals surface area (Å²) in [5, 5.41) is 10.9. The van der Waals surface area contributed by atoms with Crippen LogP contribution >= 0.6 is 23.4 Å². The van der Waals surface area contributed by atoms with Crippen LogP contribution in [0.5, 0.6) is 0 Å². The highest BCUT2D eigenvalue weighted by Gasteiger charge is 2.31. The van der Waals surface area contributed by atoms with Gasteiger partial charge in [0.1, 0.15) is 12.0 Å². The Kier molecular flexibility index (Phi) is 5.76. The van der Waals surface area contributed by atoms with E-state index in [1.807, 2.05) is 31.2 Å². The van der Waals surface area contributed by atoms with Crippen molar-refractivity contribution in [1.29, 1.82) is 0 Å². The fourth-order valence-electron chi connectivity index (χ4n) is 4.05. The number of rotatable bonds is 3. The lowest BCUT2D eigenvalue weighted by Crippen LogP contribution is -2.51. The van der Waals surface area contributed by atoms with Gasteiger partial charge in [0.15, 0.2) is 0 Å². The van der Waals surface area contributed by atoms with Crippen LogP contribution in [-0.4, -0.2) is 47.3 Å². The number of hydrogen-bond acceptors (Lipinski definition) is 4. The molecule has 0 spiro atoms. The molecule has 27 heavy (non-hydrogen) atoms. The Morgan fingerprint density at radius 2 is 1.93 bits per heavy atom. The minimum absolute atomic E-state index is 0.189. The second-order valence-corrected chi connectivity index (χ2v) is 8.74. The first-order chi connectivity index (χ1) is 13.0. The number of hydrogen-bond donors (Lipinski definition) is 1. The number of fused-ring (bicyclic) bond motifs is 2. The molecule has 0 saturated carbocycles. The molecule has 6 heteroatoms. The second kappa shape index (κ2) is 8.10. The van der Waals surface area contributed by atoms with Crippen molar-refractivity contribution in [1.82, 2.24) is 9.80 Å². The normalized spacial score (nSPS) is 22.0. The molecule has 144 valence electrons. The van der Waals surface area contributed by atoms with E-state index >= 15 is 0 Å². The summed E-state index contributed by atoms with van der Waals surface area (Å²) < 4.78 is 13.9. The van der Waals surface area contributed by atoms with Gasteiger partial charge in [-0.05, 0) is 54.3 Å². The van der Waals surface area contributed by atoms with Crippen molar-refractivity contribution in [2.24, 2.45) is 0 Å². The molecule has 2 aliphatic heterocycles. The Bertz CT molecular complexity index is 826. The molecule has 1 fully saturated rings. The standard InChI is InChI=1S/C21H24ClFN2OS/c1-2-21(26)25-9-7-24(8-10-25)18-12-14-11-15(22)3-6-19(14)27-20-13-16(23)4-5-17(18)20/h3-6,11,13,18,21,26H,2,7-10,12H2,1H3. The molecule has 2 atom stereocenters. The number of piperazine rings is 1. The first-order valence-corrected chi connectivity index (χ1v) is 10.7. The van der Waals surface area contributed by atoms with Gasteiger partial charge in [-0.3, -0.25) is 9.80 Å². The highest BCUT2D eigenvalue weighted by molar-refractivity contribution is 7.99. The lowest BCUT2D eigenvalue weighted by molar-refractivity contribution is -0.0345. The molecule has 0 aliphatic carbocycles. The van der Waals surface area contributed by atoms with Gasteiger partial charge in [0, 0.05) is 47.0 Å². The minimum Gasteiger partial charge on any atom is -0.378 e. The van der Waals surface area contributed by atoms with Crippen LogP contribution < -0.4 is 0 Å². The van der Waals surface area contributed by atoms with Crippen LogP contribution in [-0.2, 0) is 6.42 Å². The molecule has 4 rings (SSSR count). The van der Waals surface area contributed by atoms with E-state index in [-0.39, 0.29) is 18.1 Å². The van der Waals surface area contributed by atoms with Crippen LogP contribution in [0.1, 0.15) is 30.5 Å². The zero-order valence-electron chi connectivity index (χ0n) is 15.4. The van der Waals surface area contributed by atoms with E-state index in [4.69, 9.17) is 11.6 Å². The lowest BCUT2D eigenvalue weighted by Gasteiger charge is -2.41. The van der Waals surface area contributed by atoms with E-state index in [0.717, 1.165) is 53.8 Å². The van der Waals surface area contributed by atoms with Crippen molar-refractivity contribution < 1.29 is 9.50 Å². The van der Waals surface area contributed by atoms with Gasteiger partial charge < -0.3 is 5.11 Å². The van der Waals surface area contributed by atoms with E-state index in [1.165, 1.54) is 11.1 Å². The summed E-state index contributed by atoms with van der Waals surface area (Å²) in [6, 6.07) is 11.3. The van der Waals surface area contributed by atoms with Crippen LogP contribution in [0, 0.1) is 5.82 Å². The Morgan fingerprint density at radius 3 is 2.67 bits per heavy atom. The van der Waals surface area contributed by atoms with Gasteiger partial charge in [-0.25, -0.2) is 4.39 Å². The summed E-state index contributed by atoms with van der Waals surface area (Å²) in [6.45, 7) is 5.47. The average molecular weight is 407 g/mol. The molecule has 2 unspecified atom stereocenters. The maximum atomic E-state index is 13.9. The van der Waals surface area contributed by atoms with E-state index in [2.05, 4.69) is 9.80 Å². The minimum atomic E-state index is -0.363. The molecule has 2 aliphatic rings. The monoisotopic (exact) mass is 406 g/mol. The highest BCUT2D eigenvalue weighted by atomic mass is 35.5. The third kappa shape index (κ3) is 4.03. The summed E-state index contributed by atoms with van der Waals surface area (Å²) in [4.78, 5) is 6.73. The number of aliphatic hydroxyl groups excluding tert-OH is 1. The zero-order chi connectivity index (χ0) is 19.0. The van der Waals surface area contributed by atoms with E-state index in [9.17, 15) is 9.50 Å². The van der Waals surface area contributed by atoms with Gasteiger partial charge in [-0.15, -0.1) is 0 Å². The van der Waals surface area contributed by atoms with Crippen LogP contribution in [0.3, 0.4) is 0 Å². The van der Waals surface area contributed by atoms with Gasteiger partial charge in [-0.2, -0.15) is 0 Å². The number of halogens is 2. The summed E-state index contributed by atoms with van der Waals surface area (Å²) >= 11 is 7.88. The lowest BCUT2D eigenvalue weighted by atomic mass is 9.96. The van der Waals surface area contributed by atoms with Gasteiger partial charge in [-0.1, -0.05) is 36.4 Å². The van der Waals surface area contributed by atoms with Crippen LogP contribution in [0.4, 0.5) is 4.39 Å². The molecule has 0 bridgehead atoms. The maximum Gasteiger partial charge on any atom is 0.124 e. The van der Waals surface area contributed by atoms with Crippen molar-refractivity contribution in [3.05, 3.63) is 58.4 Å². The number of benzene rings is 2. The summed E-state index contributed by atoms with van der Waals surface area (Å²) in [6.07, 6.45) is 1.24. The van der Waals surface area contributed by atoms with Crippen molar-refractivity contribution in [2.75, 3.05) is 26.2 Å². The zero-order valence-corrected chi connectivity index (χ0v) is 16.9. The summed E-state index contributed by atoms with van der Waals surface area (Å²) in [5.41, 5.74) is 2.39. The number of nitrogens with zero attached hydrogens (tertiary/aromatic N) is 2. The quantitative estimate of drug-likeness (QED) is 0.807. The molecular formula is C21H24ClFN2OS. The Morgan fingerprint density at radius 1 is 1.15 bits per heavy atom. The maximum absolute atomic E-state index is 13.9. The smallest absolute Gasteiger partial charge is 0.124 e. The highest BCUT2D eigenvalue weighted by Crippen LogP contribution is 2.44. The van der Waals surface area contributed by atoms with Gasteiger partial charge in [0.25, 0.3) is 0 Å². The largest absolute Gasteiger partial charge is 0.378 e. The molecule has 0 radical (unpaired) electrons. The fraction of sp³-hybridized carbons (Fsp3) is 0.429. The SMILES string of the molecule is CCC(O)N1CCN(C2Cc3cc(Cl)ccc3Sc3cc(F)ccc32)CC1. The second-order valence-electron chi connectivity index (χ2n) is 7.22. The Labute approximate surface area is 169 Å². The third-order valence-corrected chi connectivity index (χ3v) is 6.99. The van der Waals surface area contributed by atoms with E-state index in [1.54, 1.807) is 23.9 Å². The van der Waals surface area contributed by atoms with Crippen LogP contribution in [0.2, 0.25) is 5.02 Å². The van der Waals surface area contributed by atoms with Crippen molar-refractivity contribution in [3.63, 3.8) is 0 Å². The van der Waals surface area contributed by atoms with E-state index in [0.29, 0.717) is 0 Å². The predicted octanol–water partition coefficient (Wildman–Crippen LogP) is 4.57. The first-order valence-electron chi connectivity index (χ1n) is 9.47. The summed E-state index contributed by atoms with van der Waals surface area (Å²) in [5.74, 6) is -0.201. The van der Waals surface area contributed by atoms with Gasteiger partial charge >= 0.3 is 0 Å². The first kappa shape index (κ1) is 19.2. The fourth-order valence-corrected chi connectivity index (χ4v) is 5.38. The molecule has 2 heterocycles. The van der Waals surface area contributed by atoms with E-state index < -0.39 is 0 Å². The molecule has 2 aromatic rings. The molecular weight excluding hydrogens is 383 g/mol. The number of aliphatic hydroxyl groups is 1. The third-order valence-electron chi connectivity index (χ3n) is 5.57. The topological polar surface area (TPSA) is 26.7 Å². The predicted molar refractivity (Wildman–Crippen MR) is 108 cm³/mol. The Balaban J connectivity index is 1.65. The van der Waals surface area contributed by atoms with Gasteiger partial charge in [0.2, 0.25) is 0 Å². The van der Waals surface area contributed by atoms with Crippen molar-refractivity contribution in [3.8, 4) is 0 Å². The summed E-state index contributed by atoms with van der Waals surface area (Å²) in [7, 11) is 0.